The number of nitrogens with one attached hydrogen (secondary N) is 3. The first-order valence-corrected chi connectivity index (χ1v) is 22.0. The fourth-order valence-electron chi connectivity index (χ4n) is 6.75. The normalized spacial score (nSPS) is 19.6. The predicted molar refractivity (Wildman–Crippen MR) is 219 cm³/mol. The van der Waals surface area contributed by atoms with Crippen molar-refractivity contribution < 1.29 is 13.8 Å². The third-order valence-corrected chi connectivity index (χ3v) is 14.6. The Morgan fingerprint density at radius 3 is 2.34 bits per heavy atom. The molecule has 0 bridgehead atoms. The largest absolute Gasteiger partial charge is 0.356 e. The van der Waals surface area contributed by atoms with E-state index in [1.54, 1.807) is 7.11 Å². The fraction of sp³-hybridized carbons (Fsp3) is 0.410. The van der Waals surface area contributed by atoms with Gasteiger partial charge in [0.2, 0.25) is 5.91 Å². The van der Waals surface area contributed by atoms with Crippen LogP contribution in [0.4, 0.5) is 16.2 Å². The van der Waals surface area contributed by atoms with Gasteiger partial charge in [-0.25, -0.2) is 4.79 Å². The van der Waals surface area contributed by atoms with Gasteiger partial charge in [0.15, 0.2) is 0 Å². The number of fused-ring (bicyclic) bond motifs is 3. The number of anilines is 2. The molecular formula is C39H48N4O3S4. The van der Waals surface area contributed by atoms with Crippen LogP contribution < -0.4 is 20.9 Å². The van der Waals surface area contributed by atoms with Crippen molar-refractivity contribution in [3.63, 3.8) is 0 Å². The number of unbranched alkanes of at least 4 members (excludes halogenated alkanes) is 1. The van der Waals surface area contributed by atoms with E-state index in [1.807, 2.05) is 35.3 Å². The van der Waals surface area contributed by atoms with Gasteiger partial charge in [-0.05, 0) is 55.0 Å². The maximum Gasteiger partial charge on any atom is 0.315 e. The summed E-state index contributed by atoms with van der Waals surface area (Å²) in [6, 6.07) is 28.7. The van der Waals surface area contributed by atoms with Crippen LogP contribution >= 0.6 is 46.1 Å². The number of nitrogens with zero attached hydrogens (tertiary/aromatic N) is 1. The van der Waals surface area contributed by atoms with E-state index in [-0.39, 0.29) is 34.8 Å². The van der Waals surface area contributed by atoms with Gasteiger partial charge in [0.05, 0.1) is 12.1 Å². The molecule has 7 nitrogen and oxygen atoms in total. The molecule has 11 heteroatoms. The molecule has 0 radical (unpaired) electrons. The minimum Gasteiger partial charge on any atom is -0.356 e. The van der Waals surface area contributed by atoms with Gasteiger partial charge in [0.25, 0.3) is 0 Å². The van der Waals surface area contributed by atoms with Crippen molar-refractivity contribution in [2.45, 2.75) is 62.4 Å². The average molecular weight is 749 g/mol. The van der Waals surface area contributed by atoms with Gasteiger partial charge in [-0.15, -0.1) is 23.5 Å². The molecule has 50 heavy (non-hydrogen) atoms. The van der Waals surface area contributed by atoms with E-state index in [2.05, 4.69) is 106 Å². The second kappa shape index (κ2) is 18.6. The predicted octanol–water partition coefficient (Wildman–Crippen LogP) is 8.41. The Morgan fingerprint density at radius 2 is 1.62 bits per heavy atom. The Balaban J connectivity index is 1.08. The van der Waals surface area contributed by atoms with E-state index in [0.717, 1.165) is 61.7 Å². The highest BCUT2D eigenvalue weighted by molar-refractivity contribution is 8.22. The summed E-state index contributed by atoms with van der Waals surface area (Å²) in [4.78, 5) is 26.8. The highest BCUT2D eigenvalue weighted by Gasteiger charge is 2.42. The number of hydrogen-bond acceptors (Lipinski definition) is 7. The van der Waals surface area contributed by atoms with Gasteiger partial charge >= 0.3 is 6.03 Å². The van der Waals surface area contributed by atoms with Crippen molar-refractivity contribution in [1.82, 2.24) is 16.0 Å². The Kier molecular flexibility index (Phi) is 13.7. The van der Waals surface area contributed by atoms with E-state index in [0.29, 0.717) is 18.2 Å². The number of urea groups is 1. The van der Waals surface area contributed by atoms with Gasteiger partial charge in [-0.3, -0.25) is 4.79 Å². The first-order chi connectivity index (χ1) is 24.5. The molecule has 0 aromatic heterocycles. The van der Waals surface area contributed by atoms with Gasteiger partial charge < -0.3 is 25.0 Å². The molecular weight excluding hydrogens is 701 g/mol. The van der Waals surface area contributed by atoms with Crippen LogP contribution in [-0.2, 0) is 15.5 Å². The minimum absolute atomic E-state index is 0.0434. The molecule has 0 aliphatic carbocycles. The SMILES string of the molecule is C=S(CCCSC(SCCCNC(=O)CCCCC1SC[C@H]2NC(=O)N[C@@H]12)=C1c2ccccc2N(Cc2ccccc2)c2ccccc21)OC. The number of rotatable bonds is 18. The molecule has 3 aliphatic rings. The monoisotopic (exact) mass is 748 g/mol. The van der Waals surface area contributed by atoms with Crippen LogP contribution in [0.3, 0.4) is 0 Å². The van der Waals surface area contributed by atoms with Crippen LogP contribution in [-0.4, -0.2) is 71.8 Å². The lowest BCUT2D eigenvalue weighted by atomic mass is 9.91. The molecule has 0 spiro atoms. The molecule has 0 saturated carbocycles. The Hall–Kier alpha value is -2.83. The lowest BCUT2D eigenvalue weighted by Gasteiger charge is -2.35. The minimum atomic E-state index is -0.264. The lowest BCUT2D eigenvalue weighted by Crippen LogP contribution is -2.36. The molecule has 266 valence electrons. The van der Waals surface area contributed by atoms with Crippen LogP contribution in [0.1, 0.15) is 55.2 Å². The zero-order chi connectivity index (χ0) is 34.7. The molecule has 3 aromatic rings. The van der Waals surface area contributed by atoms with Crippen LogP contribution in [0.2, 0.25) is 0 Å². The van der Waals surface area contributed by atoms with E-state index in [9.17, 15) is 9.59 Å². The molecule has 3 amide bonds. The first-order valence-electron chi connectivity index (χ1n) is 17.5. The number of hydrogen-bond donors (Lipinski definition) is 3. The quantitative estimate of drug-likeness (QED) is 0.0685. The van der Waals surface area contributed by atoms with E-state index in [4.69, 9.17) is 4.18 Å². The number of para-hydroxylation sites is 2. The van der Waals surface area contributed by atoms with Crippen molar-refractivity contribution in [2.75, 3.05) is 41.6 Å². The van der Waals surface area contributed by atoms with Crippen LogP contribution in [0.5, 0.6) is 0 Å². The number of carbonyl (C=O) groups excluding carboxylic acids is 2. The van der Waals surface area contributed by atoms with Crippen LogP contribution in [0.25, 0.3) is 5.57 Å². The van der Waals surface area contributed by atoms with Crippen molar-refractivity contribution in [3.8, 4) is 0 Å². The Labute approximate surface area is 312 Å². The maximum absolute atomic E-state index is 12.7. The van der Waals surface area contributed by atoms with E-state index < -0.39 is 0 Å². The Bertz CT molecular complexity index is 1620. The molecule has 4 atom stereocenters. The molecule has 6 rings (SSSR count). The highest BCUT2D eigenvalue weighted by atomic mass is 32.2. The van der Waals surface area contributed by atoms with Crippen molar-refractivity contribution in [1.29, 1.82) is 0 Å². The molecule has 2 fully saturated rings. The number of amides is 3. The summed E-state index contributed by atoms with van der Waals surface area (Å²) in [5.74, 6) is 8.10. The molecule has 3 N–H and O–H groups in total. The molecule has 3 aromatic carbocycles. The van der Waals surface area contributed by atoms with Crippen LogP contribution in [0, 0.1) is 0 Å². The third kappa shape index (κ3) is 9.53. The van der Waals surface area contributed by atoms with E-state index in [1.165, 1.54) is 37.9 Å². The molecule has 3 heterocycles. The summed E-state index contributed by atoms with van der Waals surface area (Å²) in [6.07, 6.45) is 5.40. The summed E-state index contributed by atoms with van der Waals surface area (Å²) in [6.45, 7) is 1.48. The highest BCUT2D eigenvalue weighted by Crippen LogP contribution is 2.50. The average Bonchev–Trinajstić information content (AvgIpc) is 3.70. The van der Waals surface area contributed by atoms with E-state index >= 15 is 0 Å². The molecule has 3 aliphatic heterocycles. The van der Waals surface area contributed by atoms with Gasteiger partial charge in [-0.2, -0.15) is 11.8 Å². The van der Waals surface area contributed by atoms with Gasteiger partial charge in [0.1, 0.15) is 0 Å². The number of benzene rings is 3. The van der Waals surface area contributed by atoms with Crippen molar-refractivity contribution >= 4 is 80.8 Å². The summed E-state index contributed by atoms with van der Waals surface area (Å²) in [5, 5.41) is 9.67. The van der Waals surface area contributed by atoms with Gasteiger partial charge in [0, 0.05) is 81.4 Å². The molecule has 2 unspecified atom stereocenters. The summed E-state index contributed by atoms with van der Waals surface area (Å²) in [7, 11) is 1.47. The smallest absolute Gasteiger partial charge is 0.315 e. The second-order valence-electron chi connectivity index (χ2n) is 12.7. The summed E-state index contributed by atoms with van der Waals surface area (Å²) < 4.78 is 6.78. The third-order valence-electron chi connectivity index (χ3n) is 9.26. The number of thioether (sulfide) groups is 3. The zero-order valence-corrected chi connectivity index (χ0v) is 32.0. The standard InChI is InChI=1S/C39H48N4O3S4/c1-46-50(2)25-13-24-48-38(47-23-12-22-40-35(44)21-11-10-20-34-37-31(27-49-34)41-39(45)42-37)36-29-16-6-8-18-32(29)43(26-28-14-4-3-5-15-28)33-19-9-7-17-30(33)36/h3-9,14-19,31,34,37H,2,10-13,20-27H2,1H3,(H,40,44)(H2,41,42,45)/t31-,34?,37-,50?/m1/s1. The summed E-state index contributed by atoms with van der Waals surface area (Å²) >= 11 is 5.78. The Morgan fingerprint density at radius 1 is 0.940 bits per heavy atom. The van der Waals surface area contributed by atoms with Crippen molar-refractivity contribution in [3.05, 3.63) is 99.8 Å². The zero-order valence-electron chi connectivity index (χ0n) is 28.7. The van der Waals surface area contributed by atoms with Gasteiger partial charge in [-0.1, -0.05) is 83.9 Å². The second-order valence-corrected chi connectivity index (χ2v) is 18.1. The van der Waals surface area contributed by atoms with Crippen LogP contribution in [0.15, 0.2) is 83.1 Å². The lowest BCUT2D eigenvalue weighted by molar-refractivity contribution is -0.121. The fourth-order valence-corrected chi connectivity index (χ4v) is 11.6. The summed E-state index contributed by atoms with van der Waals surface area (Å²) in [5.41, 5.74) is 7.56. The maximum atomic E-state index is 12.7. The van der Waals surface area contributed by atoms with Crippen molar-refractivity contribution in [2.24, 2.45) is 0 Å². The number of carbonyl (C=O) groups is 2. The molecule has 2 saturated heterocycles. The topological polar surface area (TPSA) is 82.7 Å². The first kappa shape index (κ1) is 36.9.